The number of carboxylic acids is 1. The van der Waals surface area contributed by atoms with Gasteiger partial charge >= 0.3 is 5.97 Å². The van der Waals surface area contributed by atoms with E-state index in [1.165, 1.54) is 12.1 Å². The molecule has 0 spiro atoms. The molecule has 0 unspecified atom stereocenters. The van der Waals surface area contributed by atoms with Crippen LogP contribution < -0.4 is 4.90 Å². The van der Waals surface area contributed by atoms with Gasteiger partial charge in [0.05, 0.1) is 11.5 Å². The fourth-order valence-corrected chi connectivity index (χ4v) is 2.02. The van der Waals surface area contributed by atoms with Crippen molar-refractivity contribution >= 4 is 17.3 Å². The highest BCUT2D eigenvalue weighted by Crippen LogP contribution is 2.25. The molecule has 0 radical (unpaired) electrons. The number of aromatic carboxylic acids is 1. The van der Waals surface area contributed by atoms with Crippen molar-refractivity contribution in [3.63, 3.8) is 0 Å². The van der Waals surface area contributed by atoms with Crippen LogP contribution in [-0.4, -0.2) is 42.8 Å². The van der Waals surface area contributed by atoms with Gasteiger partial charge in [-0.15, -0.1) is 0 Å². The third kappa shape index (κ3) is 4.71. The molecule has 0 aliphatic heterocycles. The number of methoxy groups -OCH3 is 1. The zero-order valence-electron chi connectivity index (χ0n) is 12.4. The van der Waals surface area contributed by atoms with E-state index in [9.17, 15) is 14.9 Å². The summed E-state index contributed by atoms with van der Waals surface area (Å²) in [4.78, 5) is 23.3. The molecule has 1 rings (SSSR count). The Kier molecular flexibility index (Phi) is 6.10. The van der Waals surface area contributed by atoms with Gasteiger partial charge in [0.15, 0.2) is 0 Å². The number of carboxylic acid groups (broad SMARTS) is 1. The van der Waals surface area contributed by atoms with E-state index in [2.05, 4.69) is 0 Å². The molecule has 0 amide bonds. The Morgan fingerprint density at radius 3 is 2.62 bits per heavy atom. The number of hydrogen-bond acceptors (Lipinski definition) is 5. The van der Waals surface area contributed by atoms with Crippen LogP contribution in [0.25, 0.3) is 0 Å². The van der Waals surface area contributed by atoms with Crippen molar-refractivity contribution in [1.29, 1.82) is 0 Å². The second-order valence-corrected chi connectivity index (χ2v) is 5.10. The topological polar surface area (TPSA) is 92.9 Å². The summed E-state index contributed by atoms with van der Waals surface area (Å²) in [6, 6.07) is 4.15. The molecular weight excluding hydrogens is 276 g/mol. The third-order valence-corrected chi connectivity index (χ3v) is 2.92. The van der Waals surface area contributed by atoms with Crippen LogP contribution in [0.2, 0.25) is 0 Å². The average Bonchev–Trinajstić information content (AvgIpc) is 2.42. The maximum Gasteiger partial charge on any atom is 0.342 e. The van der Waals surface area contributed by atoms with Crippen LogP contribution in [0, 0.1) is 16.0 Å². The maximum absolute atomic E-state index is 11.2. The minimum Gasteiger partial charge on any atom is -0.477 e. The number of nitrogens with zero attached hydrogens (tertiary/aromatic N) is 2. The monoisotopic (exact) mass is 296 g/mol. The van der Waals surface area contributed by atoms with Crippen LogP contribution >= 0.6 is 0 Å². The van der Waals surface area contributed by atoms with Crippen molar-refractivity contribution in [2.75, 3.05) is 31.7 Å². The molecule has 0 saturated carbocycles. The third-order valence-electron chi connectivity index (χ3n) is 2.92. The fourth-order valence-electron chi connectivity index (χ4n) is 2.02. The molecule has 21 heavy (non-hydrogen) atoms. The van der Waals surface area contributed by atoms with Crippen molar-refractivity contribution in [2.24, 2.45) is 5.92 Å². The lowest BCUT2D eigenvalue weighted by Crippen LogP contribution is -2.31. The Bertz CT molecular complexity index is 516. The van der Waals surface area contributed by atoms with E-state index < -0.39 is 16.6 Å². The summed E-state index contributed by atoms with van der Waals surface area (Å²) in [5, 5.41) is 20.0. The zero-order chi connectivity index (χ0) is 16.0. The Hall–Kier alpha value is -2.15. The minimum atomic E-state index is -1.31. The molecule has 7 heteroatoms. The molecule has 0 saturated heterocycles. The van der Waals surface area contributed by atoms with Gasteiger partial charge in [-0.05, 0) is 18.1 Å². The van der Waals surface area contributed by atoms with Crippen LogP contribution in [-0.2, 0) is 4.74 Å². The van der Waals surface area contributed by atoms with E-state index in [0.29, 0.717) is 31.3 Å². The Morgan fingerprint density at radius 2 is 2.14 bits per heavy atom. The number of benzene rings is 1. The Labute approximate surface area is 123 Å². The minimum absolute atomic E-state index is 0.302. The van der Waals surface area contributed by atoms with Crippen molar-refractivity contribution < 1.29 is 19.6 Å². The second-order valence-electron chi connectivity index (χ2n) is 5.10. The zero-order valence-corrected chi connectivity index (χ0v) is 12.4. The first kappa shape index (κ1) is 16.9. The van der Waals surface area contributed by atoms with Gasteiger partial charge in [-0.2, -0.15) is 0 Å². The summed E-state index contributed by atoms with van der Waals surface area (Å²) in [7, 11) is 1.59. The van der Waals surface area contributed by atoms with Gasteiger partial charge in [0.1, 0.15) is 5.56 Å². The standard InChI is InChI=1S/C14H20N2O5/c1-10(2)9-15(6-7-21-3)11-4-5-13(16(19)20)12(8-11)14(17)18/h4-5,8,10H,6-7,9H2,1-3H3,(H,17,18). The number of anilines is 1. The summed E-state index contributed by atoms with van der Waals surface area (Å²) in [5.74, 6) is -0.940. The highest BCUT2D eigenvalue weighted by Gasteiger charge is 2.21. The second kappa shape index (κ2) is 7.58. The predicted octanol–water partition coefficient (Wildman–Crippen LogP) is 2.40. The average molecular weight is 296 g/mol. The van der Waals surface area contributed by atoms with Crippen LogP contribution in [0.3, 0.4) is 0 Å². The molecule has 0 aliphatic rings. The van der Waals surface area contributed by atoms with E-state index in [-0.39, 0.29) is 5.56 Å². The number of nitro groups is 1. The van der Waals surface area contributed by atoms with Gasteiger partial charge in [-0.3, -0.25) is 10.1 Å². The molecule has 1 aromatic rings. The van der Waals surface area contributed by atoms with E-state index in [4.69, 9.17) is 9.84 Å². The smallest absolute Gasteiger partial charge is 0.342 e. The van der Waals surface area contributed by atoms with Crippen molar-refractivity contribution in [3.05, 3.63) is 33.9 Å². The van der Waals surface area contributed by atoms with Crippen molar-refractivity contribution in [1.82, 2.24) is 0 Å². The highest BCUT2D eigenvalue weighted by molar-refractivity contribution is 5.93. The molecule has 116 valence electrons. The van der Waals surface area contributed by atoms with Crippen molar-refractivity contribution in [2.45, 2.75) is 13.8 Å². The van der Waals surface area contributed by atoms with Gasteiger partial charge in [0.25, 0.3) is 5.69 Å². The number of carbonyl (C=O) groups is 1. The first-order valence-corrected chi connectivity index (χ1v) is 6.62. The van der Waals surface area contributed by atoms with Gasteiger partial charge in [0, 0.05) is 32.0 Å². The lowest BCUT2D eigenvalue weighted by Gasteiger charge is -2.26. The molecular formula is C14H20N2O5. The lowest BCUT2D eigenvalue weighted by atomic mass is 10.1. The SMILES string of the molecule is COCCN(CC(C)C)c1ccc([N+](=O)[O-])c(C(=O)O)c1. The van der Waals surface area contributed by atoms with Crippen molar-refractivity contribution in [3.8, 4) is 0 Å². The summed E-state index contributed by atoms with van der Waals surface area (Å²) in [6.07, 6.45) is 0. The number of rotatable bonds is 8. The molecule has 1 aromatic carbocycles. The van der Waals surface area contributed by atoms with E-state index in [0.717, 1.165) is 0 Å². The Balaban J connectivity index is 3.16. The number of hydrogen-bond donors (Lipinski definition) is 1. The first-order chi connectivity index (χ1) is 9.86. The van der Waals surface area contributed by atoms with E-state index >= 15 is 0 Å². The first-order valence-electron chi connectivity index (χ1n) is 6.62. The van der Waals surface area contributed by atoms with E-state index in [1.54, 1.807) is 13.2 Å². The van der Waals surface area contributed by atoms with Crippen LogP contribution in [0.15, 0.2) is 18.2 Å². The molecule has 0 heterocycles. The molecule has 0 aliphatic carbocycles. The highest BCUT2D eigenvalue weighted by atomic mass is 16.6. The predicted molar refractivity (Wildman–Crippen MR) is 79.0 cm³/mol. The quantitative estimate of drug-likeness (QED) is 0.585. The normalized spacial score (nSPS) is 10.7. The molecule has 1 N–H and O–H groups in total. The van der Waals surface area contributed by atoms with Gasteiger partial charge in [0.2, 0.25) is 0 Å². The largest absolute Gasteiger partial charge is 0.477 e. The van der Waals surface area contributed by atoms with Gasteiger partial charge in [-0.1, -0.05) is 13.8 Å². The number of ether oxygens (including phenoxy) is 1. The summed E-state index contributed by atoms with van der Waals surface area (Å²) in [6.45, 7) is 5.88. The molecule has 0 fully saturated rings. The molecule has 0 bridgehead atoms. The fraction of sp³-hybridized carbons (Fsp3) is 0.500. The summed E-state index contributed by atoms with van der Waals surface area (Å²) in [5.41, 5.74) is -0.0603. The van der Waals surface area contributed by atoms with E-state index in [1.807, 2.05) is 18.7 Å². The summed E-state index contributed by atoms with van der Waals surface area (Å²) >= 11 is 0. The van der Waals surface area contributed by atoms with Crippen LogP contribution in [0.5, 0.6) is 0 Å². The molecule has 0 atom stereocenters. The molecule has 0 aromatic heterocycles. The van der Waals surface area contributed by atoms with Gasteiger partial charge in [-0.25, -0.2) is 4.79 Å². The van der Waals surface area contributed by atoms with Crippen LogP contribution in [0.1, 0.15) is 24.2 Å². The summed E-state index contributed by atoms with van der Waals surface area (Å²) < 4.78 is 5.05. The molecule has 7 nitrogen and oxygen atoms in total. The maximum atomic E-state index is 11.2. The van der Waals surface area contributed by atoms with Crippen LogP contribution in [0.4, 0.5) is 11.4 Å². The van der Waals surface area contributed by atoms with Gasteiger partial charge < -0.3 is 14.7 Å². The number of nitro benzene ring substituents is 1. The lowest BCUT2D eigenvalue weighted by molar-refractivity contribution is -0.385. The Morgan fingerprint density at radius 1 is 1.48 bits per heavy atom.